The summed E-state index contributed by atoms with van der Waals surface area (Å²) in [6.45, 7) is 10.8. The highest BCUT2D eigenvalue weighted by atomic mass is 16.5. The first-order valence-electron chi connectivity index (χ1n) is 11.0. The van der Waals surface area contributed by atoms with Crippen molar-refractivity contribution in [3.63, 3.8) is 0 Å². The van der Waals surface area contributed by atoms with Crippen molar-refractivity contribution in [3.8, 4) is 0 Å². The third kappa shape index (κ3) is 4.57. The molecule has 0 N–H and O–H groups in total. The first kappa shape index (κ1) is 21.0. The molecule has 2 saturated heterocycles. The van der Waals surface area contributed by atoms with Crippen LogP contribution in [0, 0.1) is 12.8 Å². The van der Waals surface area contributed by atoms with E-state index >= 15 is 0 Å². The normalized spacial score (nSPS) is 23.8. The molecule has 7 nitrogen and oxygen atoms in total. The molecule has 0 unspecified atom stereocenters. The molecule has 4 rings (SSSR count). The summed E-state index contributed by atoms with van der Waals surface area (Å²) in [7, 11) is 0. The van der Waals surface area contributed by atoms with E-state index in [0.29, 0.717) is 16.8 Å². The van der Waals surface area contributed by atoms with Gasteiger partial charge in [0.1, 0.15) is 6.54 Å². The summed E-state index contributed by atoms with van der Waals surface area (Å²) >= 11 is 0. The maximum atomic E-state index is 12.8. The number of aromatic nitrogens is 2. The number of ether oxygens (including phenoxy) is 1. The summed E-state index contributed by atoms with van der Waals surface area (Å²) in [4.78, 5) is 34.4. The fraction of sp³-hybridized carbons (Fsp3) is 0.609. The Morgan fingerprint density at radius 1 is 1.17 bits per heavy atom. The Bertz CT molecular complexity index is 955. The van der Waals surface area contributed by atoms with Crippen molar-refractivity contribution in [1.29, 1.82) is 0 Å². The second-order valence-corrected chi connectivity index (χ2v) is 8.95. The first-order valence-corrected chi connectivity index (χ1v) is 11.0. The van der Waals surface area contributed by atoms with Crippen LogP contribution in [0.5, 0.6) is 0 Å². The molecule has 2 aliphatic rings. The van der Waals surface area contributed by atoms with Crippen molar-refractivity contribution in [2.45, 2.75) is 52.4 Å². The number of likely N-dealkylation sites (tertiary alicyclic amines) is 1. The van der Waals surface area contributed by atoms with Crippen molar-refractivity contribution < 1.29 is 9.53 Å². The minimum Gasteiger partial charge on any atom is -0.373 e. The molecule has 1 aromatic heterocycles. The Morgan fingerprint density at radius 3 is 2.57 bits per heavy atom. The molecule has 30 heavy (non-hydrogen) atoms. The molecule has 2 fully saturated rings. The lowest BCUT2D eigenvalue weighted by Crippen LogP contribution is -2.49. The van der Waals surface area contributed by atoms with E-state index in [2.05, 4.69) is 23.7 Å². The van der Waals surface area contributed by atoms with E-state index in [9.17, 15) is 9.59 Å². The molecule has 2 aromatic rings. The van der Waals surface area contributed by atoms with Crippen molar-refractivity contribution in [2.75, 3.05) is 32.7 Å². The van der Waals surface area contributed by atoms with Crippen LogP contribution in [-0.2, 0) is 16.1 Å². The number of carbonyl (C=O) groups is 1. The topological polar surface area (TPSA) is 67.7 Å². The highest BCUT2D eigenvalue weighted by Crippen LogP contribution is 2.21. The number of morpholine rings is 1. The molecule has 0 bridgehead atoms. The first-order chi connectivity index (χ1) is 14.4. The summed E-state index contributed by atoms with van der Waals surface area (Å²) in [5.74, 6) is 0.609. The zero-order valence-corrected chi connectivity index (χ0v) is 18.2. The fourth-order valence-corrected chi connectivity index (χ4v) is 4.86. The van der Waals surface area contributed by atoms with Gasteiger partial charge in [-0.05, 0) is 51.2 Å². The van der Waals surface area contributed by atoms with Gasteiger partial charge in [-0.15, -0.1) is 0 Å². The highest BCUT2D eigenvalue weighted by molar-refractivity contribution is 5.81. The smallest absolute Gasteiger partial charge is 0.261 e. The Labute approximate surface area is 177 Å². The molecule has 162 valence electrons. The van der Waals surface area contributed by atoms with Crippen LogP contribution < -0.4 is 5.56 Å². The summed E-state index contributed by atoms with van der Waals surface area (Å²) in [5.41, 5.74) is 1.52. The van der Waals surface area contributed by atoms with Gasteiger partial charge in [0, 0.05) is 32.7 Å². The summed E-state index contributed by atoms with van der Waals surface area (Å²) in [6.07, 6.45) is 4.09. The number of amides is 1. The van der Waals surface area contributed by atoms with E-state index in [0.717, 1.165) is 51.1 Å². The van der Waals surface area contributed by atoms with Gasteiger partial charge in [-0.2, -0.15) is 0 Å². The second kappa shape index (κ2) is 8.86. The van der Waals surface area contributed by atoms with Gasteiger partial charge >= 0.3 is 0 Å². The fourth-order valence-electron chi connectivity index (χ4n) is 4.86. The predicted octanol–water partition coefficient (Wildman–Crippen LogP) is 2.05. The third-order valence-electron chi connectivity index (χ3n) is 6.34. The maximum Gasteiger partial charge on any atom is 0.261 e. The van der Waals surface area contributed by atoms with E-state index in [-0.39, 0.29) is 30.2 Å². The molecule has 3 heterocycles. The van der Waals surface area contributed by atoms with Gasteiger partial charge in [0.05, 0.1) is 29.4 Å². The van der Waals surface area contributed by atoms with Crippen LogP contribution in [0.15, 0.2) is 29.3 Å². The molecule has 2 aliphatic heterocycles. The molecular formula is C23H32N4O3. The monoisotopic (exact) mass is 412 g/mol. The Kier molecular flexibility index (Phi) is 6.20. The summed E-state index contributed by atoms with van der Waals surface area (Å²) in [6, 6.07) is 5.57. The summed E-state index contributed by atoms with van der Waals surface area (Å²) in [5, 5.41) is 0.568. The lowest BCUT2D eigenvalue weighted by Gasteiger charge is -2.39. The van der Waals surface area contributed by atoms with Gasteiger partial charge in [0.25, 0.3) is 5.56 Å². The van der Waals surface area contributed by atoms with Crippen LogP contribution >= 0.6 is 0 Å². The number of rotatable bonds is 4. The van der Waals surface area contributed by atoms with Crippen LogP contribution in [0.1, 0.15) is 32.3 Å². The zero-order valence-electron chi connectivity index (χ0n) is 18.2. The second-order valence-electron chi connectivity index (χ2n) is 8.95. The van der Waals surface area contributed by atoms with Crippen molar-refractivity contribution in [2.24, 2.45) is 5.92 Å². The van der Waals surface area contributed by atoms with Crippen LogP contribution in [0.2, 0.25) is 0 Å². The van der Waals surface area contributed by atoms with Gasteiger partial charge in [-0.1, -0.05) is 12.1 Å². The van der Waals surface area contributed by atoms with Gasteiger partial charge in [0.15, 0.2) is 0 Å². The number of fused-ring (bicyclic) bond motifs is 1. The average molecular weight is 413 g/mol. The standard InChI is InChI=1S/C23H32N4O3/c1-16-5-4-6-20-22(16)24-15-27(23(20)29)14-21(28)26-9-7-19(8-10-26)13-25-11-17(2)30-18(3)12-25/h4-6,15,17-19H,7-14H2,1-3H3/t17-,18-/m1/s1. The number of benzene rings is 1. The lowest BCUT2D eigenvalue weighted by atomic mass is 9.95. The average Bonchev–Trinajstić information content (AvgIpc) is 2.70. The molecule has 0 spiro atoms. The highest BCUT2D eigenvalue weighted by Gasteiger charge is 2.28. The molecule has 7 heteroatoms. The van der Waals surface area contributed by atoms with Crippen molar-refractivity contribution in [1.82, 2.24) is 19.4 Å². The molecule has 0 radical (unpaired) electrons. The predicted molar refractivity (Wildman–Crippen MR) is 116 cm³/mol. The zero-order chi connectivity index (χ0) is 21.3. The Morgan fingerprint density at radius 2 is 1.87 bits per heavy atom. The van der Waals surface area contributed by atoms with E-state index in [1.807, 2.05) is 24.0 Å². The number of carbonyl (C=O) groups excluding carboxylic acids is 1. The van der Waals surface area contributed by atoms with E-state index in [4.69, 9.17) is 4.74 Å². The molecule has 1 amide bonds. The van der Waals surface area contributed by atoms with Crippen molar-refractivity contribution >= 4 is 16.8 Å². The van der Waals surface area contributed by atoms with Crippen LogP contribution in [0.25, 0.3) is 10.9 Å². The van der Waals surface area contributed by atoms with E-state index in [1.165, 1.54) is 10.9 Å². The number of hydrogen-bond donors (Lipinski definition) is 0. The molecule has 1 aromatic carbocycles. The number of aryl methyl sites for hydroxylation is 1. The largest absolute Gasteiger partial charge is 0.373 e. The molecular weight excluding hydrogens is 380 g/mol. The van der Waals surface area contributed by atoms with Gasteiger partial charge in [-0.3, -0.25) is 19.1 Å². The number of nitrogens with zero attached hydrogens (tertiary/aromatic N) is 4. The SMILES string of the molecule is Cc1cccc2c(=O)n(CC(=O)N3CCC(CN4C[C@@H](C)O[C@H](C)C4)CC3)cnc12. The van der Waals surface area contributed by atoms with Gasteiger partial charge in [0.2, 0.25) is 5.91 Å². The molecule has 0 saturated carbocycles. The number of piperidine rings is 1. The quantitative estimate of drug-likeness (QED) is 0.769. The molecule has 0 aliphatic carbocycles. The number of para-hydroxylation sites is 1. The van der Waals surface area contributed by atoms with Gasteiger partial charge in [-0.25, -0.2) is 4.98 Å². The van der Waals surface area contributed by atoms with E-state index in [1.54, 1.807) is 6.07 Å². The summed E-state index contributed by atoms with van der Waals surface area (Å²) < 4.78 is 7.26. The van der Waals surface area contributed by atoms with E-state index < -0.39 is 0 Å². The Balaban J connectivity index is 1.33. The minimum absolute atomic E-state index is 0.00188. The van der Waals surface area contributed by atoms with Crippen LogP contribution in [0.4, 0.5) is 0 Å². The number of hydrogen-bond acceptors (Lipinski definition) is 5. The lowest BCUT2D eigenvalue weighted by molar-refractivity contribution is -0.133. The van der Waals surface area contributed by atoms with Gasteiger partial charge < -0.3 is 9.64 Å². The minimum atomic E-state index is -0.150. The third-order valence-corrected chi connectivity index (χ3v) is 6.34. The maximum absolute atomic E-state index is 12.8. The van der Waals surface area contributed by atoms with Crippen molar-refractivity contribution in [3.05, 3.63) is 40.4 Å². The van der Waals surface area contributed by atoms with Crippen LogP contribution in [-0.4, -0.2) is 70.2 Å². The molecule has 2 atom stereocenters. The van der Waals surface area contributed by atoms with Crippen LogP contribution in [0.3, 0.4) is 0 Å². The Hall–Kier alpha value is -2.25.